The summed E-state index contributed by atoms with van der Waals surface area (Å²) in [7, 11) is -3.27. The van der Waals surface area contributed by atoms with E-state index in [-0.39, 0.29) is 11.2 Å². The summed E-state index contributed by atoms with van der Waals surface area (Å²) in [6, 6.07) is 12.8. The number of hydrogen-bond donors (Lipinski definition) is 2. The lowest BCUT2D eigenvalue weighted by molar-refractivity contribution is 0.274. The minimum atomic E-state index is -3.27. The molecule has 0 spiro atoms. The van der Waals surface area contributed by atoms with Gasteiger partial charge in [0, 0.05) is 40.8 Å². The zero-order valence-electron chi connectivity index (χ0n) is 18.8. The second-order valence-corrected chi connectivity index (χ2v) is 11.5. The molecule has 3 aromatic rings. The zero-order valence-corrected chi connectivity index (χ0v) is 19.6. The average Bonchev–Trinajstić information content (AvgIpc) is 3.04. The van der Waals surface area contributed by atoms with Crippen molar-refractivity contribution >= 4 is 26.6 Å². The summed E-state index contributed by atoms with van der Waals surface area (Å²) in [6.45, 7) is 7.61. The van der Waals surface area contributed by atoms with Crippen LogP contribution < -0.4 is 4.72 Å². The van der Waals surface area contributed by atoms with Gasteiger partial charge < -0.3 is 9.88 Å². The molecular weight excluding hydrogens is 425 g/mol. The Labute approximate surface area is 189 Å². The highest BCUT2D eigenvalue weighted by Crippen LogP contribution is 2.63. The van der Waals surface area contributed by atoms with E-state index < -0.39 is 10.0 Å². The van der Waals surface area contributed by atoms with Crippen LogP contribution in [0.2, 0.25) is 0 Å². The molecule has 32 heavy (non-hydrogen) atoms. The number of aromatic amines is 1. The molecule has 170 valence electrons. The van der Waals surface area contributed by atoms with Crippen LogP contribution in [0.1, 0.15) is 30.2 Å². The molecule has 2 fully saturated rings. The zero-order chi connectivity index (χ0) is 22.7. The van der Waals surface area contributed by atoms with Crippen molar-refractivity contribution in [1.82, 2.24) is 9.88 Å². The molecule has 1 aromatic heterocycles. The summed E-state index contributed by atoms with van der Waals surface area (Å²) in [5, 5.41) is 0.978. The lowest BCUT2D eigenvalue weighted by Gasteiger charge is -2.24. The van der Waals surface area contributed by atoms with Gasteiger partial charge in [-0.25, -0.2) is 12.8 Å². The van der Waals surface area contributed by atoms with E-state index >= 15 is 0 Å². The van der Waals surface area contributed by atoms with E-state index in [0.29, 0.717) is 17.5 Å². The number of nitrogens with one attached hydrogen (secondary N) is 2. The van der Waals surface area contributed by atoms with Gasteiger partial charge in [-0.1, -0.05) is 19.1 Å². The fourth-order valence-corrected chi connectivity index (χ4v) is 6.34. The van der Waals surface area contributed by atoms with E-state index in [1.54, 1.807) is 12.1 Å². The molecule has 1 saturated carbocycles. The van der Waals surface area contributed by atoms with Crippen LogP contribution in [-0.4, -0.2) is 44.2 Å². The number of benzene rings is 2. The van der Waals surface area contributed by atoms with Crippen molar-refractivity contribution in [1.29, 1.82) is 0 Å². The van der Waals surface area contributed by atoms with Crippen molar-refractivity contribution in [2.75, 3.05) is 30.6 Å². The Morgan fingerprint density at radius 1 is 1.19 bits per heavy atom. The van der Waals surface area contributed by atoms with E-state index in [2.05, 4.69) is 34.5 Å². The molecule has 1 aliphatic carbocycles. The van der Waals surface area contributed by atoms with Crippen LogP contribution in [0.3, 0.4) is 0 Å². The molecule has 2 atom stereocenters. The van der Waals surface area contributed by atoms with E-state index in [9.17, 15) is 12.8 Å². The van der Waals surface area contributed by atoms with Crippen molar-refractivity contribution in [2.24, 2.45) is 11.8 Å². The number of hydrogen-bond acceptors (Lipinski definition) is 3. The number of aryl methyl sites for hydroxylation is 2. The quantitative estimate of drug-likeness (QED) is 0.554. The number of aromatic nitrogens is 1. The first-order valence-corrected chi connectivity index (χ1v) is 13.1. The highest BCUT2D eigenvalue weighted by Gasteiger charge is 2.65. The second kappa shape index (κ2) is 7.59. The summed E-state index contributed by atoms with van der Waals surface area (Å²) in [4.78, 5) is 6.00. The number of likely N-dealkylation sites (tertiary alicyclic amines) is 1. The van der Waals surface area contributed by atoms with Crippen LogP contribution in [0.25, 0.3) is 10.9 Å². The Morgan fingerprint density at radius 2 is 1.94 bits per heavy atom. The van der Waals surface area contributed by atoms with E-state index in [1.165, 1.54) is 23.6 Å². The van der Waals surface area contributed by atoms with Crippen molar-refractivity contribution in [3.05, 3.63) is 65.1 Å². The normalized spacial score (nSPS) is 25.2. The summed E-state index contributed by atoms with van der Waals surface area (Å²) >= 11 is 0. The SMILES string of the molecule is Cc1c(CCCN2CC3C(C2)C3(C)c2cccc(NS(C)(=O)=O)c2)[nH]c2ccc(F)cc12. The molecule has 0 bridgehead atoms. The highest BCUT2D eigenvalue weighted by atomic mass is 32.2. The van der Waals surface area contributed by atoms with Crippen LogP contribution in [-0.2, 0) is 21.9 Å². The number of halogens is 1. The van der Waals surface area contributed by atoms with Gasteiger partial charge in [0.25, 0.3) is 0 Å². The molecule has 2 heterocycles. The van der Waals surface area contributed by atoms with Gasteiger partial charge in [-0.2, -0.15) is 0 Å². The fraction of sp³-hybridized carbons (Fsp3) is 0.440. The van der Waals surface area contributed by atoms with Crippen LogP contribution in [0.15, 0.2) is 42.5 Å². The van der Waals surface area contributed by atoms with Crippen LogP contribution in [0.4, 0.5) is 10.1 Å². The number of H-pyrrole nitrogens is 1. The number of anilines is 1. The summed E-state index contributed by atoms with van der Waals surface area (Å²) in [6.07, 6.45) is 3.21. The molecule has 5 nitrogen and oxygen atoms in total. The van der Waals surface area contributed by atoms with Gasteiger partial charge in [0.1, 0.15) is 5.82 Å². The molecular formula is C25H30FN3O2S. The van der Waals surface area contributed by atoms with Gasteiger partial charge >= 0.3 is 0 Å². The van der Waals surface area contributed by atoms with Gasteiger partial charge in [-0.05, 0) is 79.6 Å². The molecule has 0 amide bonds. The number of nitrogens with zero attached hydrogens (tertiary/aromatic N) is 1. The maximum Gasteiger partial charge on any atom is 0.229 e. The van der Waals surface area contributed by atoms with Crippen LogP contribution >= 0.6 is 0 Å². The monoisotopic (exact) mass is 455 g/mol. The summed E-state index contributed by atoms with van der Waals surface area (Å²) in [5.41, 5.74) is 5.35. The standard InChI is InChI=1S/C25H30FN3O2S/c1-16-20-13-18(26)9-10-24(20)27-23(16)8-5-11-29-14-21-22(15-29)25(21,2)17-6-4-7-19(12-17)28-32(3,30)31/h4,6-7,9-10,12-13,21-22,27-28H,5,8,11,14-15H2,1-3H3. The summed E-state index contributed by atoms with van der Waals surface area (Å²) in [5.74, 6) is 1.05. The molecule has 5 rings (SSSR count). The van der Waals surface area contributed by atoms with Gasteiger partial charge in [0.05, 0.1) is 6.26 Å². The second-order valence-electron chi connectivity index (χ2n) is 9.73. The molecule has 1 aliphatic heterocycles. The predicted octanol–water partition coefficient (Wildman–Crippen LogP) is 4.44. The molecule has 2 N–H and O–H groups in total. The van der Waals surface area contributed by atoms with E-state index in [1.807, 2.05) is 18.2 Å². The van der Waals surface area contributed by atoms with Crippen molar-refractivity contribution in [3.63, 3.8) is 0 Å². The number of sulfonamides is 1. The molecule has 2 unspecified atom stereocenters. The molecule has 7 heteroatoms. The number of piperidine rings is 1. The predicted molar refractivity (Wildman–Crippen MR) is 127 cm³/mol. The lowest BCUT2D eigenvalue weighted by atomic mass is 9.92. The maximum absolute atomic E-state index is 13.6. The third-order valence-corrected chi connectivity index (χ3v) is 8.25. The van der Waals surface area contributed by atoms with Gasteiger partial charge in [-0.15, -0.1) is 0 Å². The topological polar surface area (TPSA) is 65.2 Å². The highest BCUT2D eigenvalue weighted by molar-refractivity contribution is 7.92. The van der Waals surface area contributed by atoms with Crippen molar-refractivity contribution < 1.29 is 12.8 Å². The molecule has 0 radical (unpaired) electrons. The van der Waals surface area contributed by atoms with Gasteiger partial charge in [0.15, 0.2) is 0 Å². The number of fused-ring (bicyclic) bond motifs is 2. The Kier molecular flexibility index (Phi) is 5.09. The van der Waals surface area contributed by atoms with E-state index in [4.69, 9.17) is 0 Å². The molecule has 1 saturated heterocycles. The first-order valence-electron chi connectivity index (χ1n) is 11.2. The third-order valence-electron chi connectivity index (χ3n) is 7.64. The smallest absolute Gasteiger partial charge is 0.229 e. The fourth-order valence-electron chi connectivity index (χ4n) is 5.79. The molecule has 2 aliphatic rings. The molecule has 2 aromatic carbocycles. The minimum absolute atomic E-state index is 0.129. The average molecular weight is 456 g/mol. The van der Waals surface area contributed by atoms with Crippen LogP contribution in [0, 0.1) is 24.6 Å². The maximum atomic E-state index is 13.6. The largest absolute Gasteiger partial charge is 0.358 e. The van der Waals surface area contributed by atoms with Crippen LogP contribution in [0.5, 0.6) is 0 Å². The Hall–Kier alpha value is -2.38. The van der Waals surface area contributed by atoms with Crippen molar-refractivity contribution in [3.8, 4) is 0 Å². The third kappa shape index (κ3) is 3.82. The number of rotatable bonds is 7. The van der Waals surface area contributed by atoms with Gasteiger partial charge in [-0.3, -0.25) is 4.72 Å². The summed E-state index contributed by atoms with van der Waals surface area (Å²) < 4.78 is 39.3. The Morgan fingerprint density at radius 3 is 2.66 bits per heavy atom. The van der Waals surface area contributed by atoms with Crippen molar-refractivity contribution in [2.45, 2.75) is 32.1 Å². The van der Waals surface area contributed by atoms with E-state index in [0.717, 1.165) is 48.9 Å². The Bertz CT molecular complexity index is 1270. The minimum Gasteiger partial charge on any atom is -0.358 e. The van der Waals surface area contributed by atoms with Gasteiger partial charge in [0.2, 0.25) is 10.0 Å². The first kappa shape index (κ1) is 21.5. The lowest BCUT2D eigenvalue weighted by Crippen LogP contribution is -2.30. The first-order chi connectivity index (χ1) is 15.1. The Balaban J connectivity index is 1.18.